The molecule has 188 valence electrons. The molecule has 2 N–H and O–H groups in total. The number of nitrogens with one attached hydrogen (secondary N) is 2. The second-order valence-corrected chi connectivity index (χ2v) is 8.23. The maximum atomic E-state index is 13.7. The van der Waals surface area contributed by atoms with Gasteiger partial charge in [0.25, 0.3) is 5.91 Å². The van der Waals surface area contributed by atoms with E-state index < -0.39 is 29.2 Å². The molecule has 0 atom stereocenters. The number of halogens is 3. The first-order valence-electron chi connectivity index (χ1n) is 10.9. The first-order valence-corrected chi connectivity index (χ1v) is 10.9. The van der Waals surface area contributed by atoms with Crippen molar-refractivity contribution in [3.05, 3.63) is 106 Å². The van der Waals surface area contributed by atoms with E-state index in [0.29, 0.717) is 16.9 Å². The molecular weight excluding hydrogens is 510 g/mol. The Morgan fingerprint density at radius 1 is 1.00 bits per heavy atom. The molecule has 0 saturated carbocycles. The number of nitrogens with zero attached hydrogens (tertiary/aromatic N) is 1. The molecule has 1 amide bonds. The van der Waals surface area contributed by atoms with Crippen LogP contribution in [0.2, 0.25) is 0 Å². The minimum atomic E-state index is -4.76. The van der Waals surface area contributed by atoms with Crippen molar-refractivity contribution in [2.45, 2.75) is 20.0 Å². The number of hydrogen-bond donors (Lipinski definition) is 2. The van der Waals surface area contributed by atoms with Crippen molar-refractivity contribution >= 4 is 23.3 Å². The Morgan fingerprint density at radius 3 is 2.24 bits per heavy atom. The fourth-order valence-electron chi connectivity index (χ4n) is 3.81. The summed E-state index contributed by atoms with van der Waals surface area (Å²) in [6.45, 7) is 3.09. The number of hydrogen-bond acceptors (Lipinski definition) is 6. The van der Waals surface area contributed by atoms with Gasteiger partial charge < -0.3 is 19.6 Å². The zero-order chi connectivity index (χ0) is 26.9. The van der Waals surface area contributed by atoms with E-state index in [9.17, 15) is 27.9 Å². The Bertz CT molecular complexity index is 1530. The van der Waals surface area contributed by atoms with Crippen molar-refractivity contribution in [1.29, 1.82) is 5.41 Å². The maximum Gasteiger partial charge on any atom is 1.00 e. The van der Waals surface area contributed by atoms with Gasteiger partial charge in [0, 0.05) is 16.7 Å². The van der Waals surface area contributed by atoms with Crippen molar-refractivity contribution < 1.29 is 61.8 Å². The zero-order valence-electron chi connectivity index (χ0n) is 20.6. The van der Waals surface area contributed by atoms with Crippen molar-refractivity contribution in [1.82, 2.24) is 4.98 Å². The third kappa shape index (κ3) is 6.04. The Morgan fingerprint density at radius 2 is 1.66 bits per heavy atom. The topological polar surface area (TPSA) is 119 Å². The molecule has 1 heterocycles. The van der Waals surface area contributed by atoms with Gasteiger partial charge in [0.15, 0.2) is 0 Å². The molecule has 38 heavy (non-hydrogen) atoms. The van der Waals surface area contributed by atoms with E-state index in [1.165, 1.54) is 61.7 Å². The van der Waals surface area contributed by atoms with Crippen LogP contribution in [0.15, 0.2) is 71.3 Å². The Labute approximate surface area is 237 Å². The summed E-state index contributed by atoms with van der Waals surface area (Å²) in [4.78, 5) is 28.4. The predicted octanol–water partition coefficient (Wildman–Crippen LogP) is 2.01. The van der Waals surface area contributed by atoms with Crippen LogP contribution in [0.1, 0.15) is 48.7 Å². The SMILES string of the molecule is Cc1cnc(-c2ccc(C(=N)c3ccc(C(=O)[O-])cc3)c(NC(=O)c3c(C)cccc3C(F)(F)F)c2)o1.[Na+]. The van der Waals surface area contributed by atoms with Crippen LogP contribution in [0, 0.1) is 19.3 Å². The summed E-state index contributed by atoms with van der Waals surface area (Å²) in [5, 5.41) is 22.2. The van der Waals surface area contributed by atoms with E-state index in [2.05, 4.69) is 10.3 Å². The number of aromatic nitrogens is 1. The molecule has 4 aromatic rings. The summed E-state index contributed by atoms with van der Waals surface area (Å²) in [7, 11) is 0. The molecule has 0 unspecified atom stereocenters. The van der Waals surface area contributed by atoms with Crippen molar-refractivity contribution in [2.24, 2.45) is 0 Å². The van der Waals surface area contributed by atoms with Crippen molar-refractivity contribution in [3.63, 3.8) is 0 Å². The van der Waals surface area contributed by atoms with Crippen LogP contribution in [0.5, 0.6) is 0 Å². The quantitative estimate of drug-likeness (QED) is 0.293. The van der Waals surface area contributed by atoms with Crippen LogP contribution in [-0.4, -0.2) is 22.6 Å². The first kappa shape index (κ1) is 28.8. The number of carboxylic acid groups (broad SMARTS) is 1. The van der Waals surface area contributed by atoms with E-state index in [0.717, 1.165) is 6.07 Å². The van der Waals surface area contributed by atoms with E-state index in [4.69, 9.17) is 9.83 Å². The molecule has 0 aliphatic rings. The number of carboxylic acids is 1. The van der Waals surface area contributed by atoms with Crippen LogP contribution < -0.4 is 40.0 Å². The third-order valence-corrected chi connectivity index (χ3v) is 5.62. The molecule has 0 radical (unpaired) electrons. The number of anilines is 1. The van der Waals surface area contributed by atoms with Gasteiger partial charge in [-0.05, 0) is 49.2 Å². The van der Waals surface area contributed by atoms with Crippen LogP contribution in [0.4, 0.5) is 18.9 Å². The minimum absolute atomic E-state index is 0. The van der Waals surface area contributed by atoms with Gasteiger partial charge in [-0.1, -0.05) is 36.4 Å². The molecule has 1 aromatic heterocycles. The molecule has 0 aliphatic heterocycles. The Hall–Kier alpha value is -3.73. The third-order valence-electron chi connectivity index (χ3n) is 5.62. The van der Waals surface area contributed by atoms with E-state index in [1.807, 2.05) is 0 Å². The van der Waals surface area contributed by atoms with Gasteiger partial charge in [0.2, 0.25) is 5.89 Å². The second-order valence-electron chi connectivity index (χ2n) is 8.23. The van der Waals surface area contributed by atoms with Crippen molar-refractivity contribution in [2.75, 3.05) is 5.32 Å². The Balaban J connectivity index is 0.00000400. The van der Waals surface area contributed by atoms with Gasteiger partial charge in [-0.15, -0.1) is 0 Å². The fraction of sp³-hybridized carbons (Fsp3) is 0.111. The van der Waals surface area contributed by atoms with Gasteiger partial charge in [-0.2, -0.15) is 13.2 Å². The average Bonchev–Trinajstić information content (AvgIpc) is 3.29. The number of alkyl halides is 3. The van der Waals surface area contributed by atoms with E-state index >= 15 is 0 Å². The van der Waals surface area contributed by atoms with Gasteiger partial charge in [-0.3, -0.25) is 10.2 Å². The van der Waals surface area contributed by atoms with Crippen LogP contribution in [-0.2, 0) is 6.18 Å². The Kier molecular flexibility index (Phi) is 8.61. The minimum Gasteiger partial charge on any atom is -0.545 e. The molecular formula is C27H19F3N3NaO4. The number of carbonyl (C=O) groups is 2. The van der Waals surface area contributed by atoms with Crippen LogP contribution in [0.3, 0.4) is 0 Å². The molecule has 0 fully saturated rings. The zero-order valence-corrected chi connectivity index (χ0v) is 22.6. The second kappa shape index (κ2) is 11.3. The number of aryl methyl sites for hydroxylation is 2. The maximum absolute atomic E-state index is 13.7. The monoisotopic (exact) mass is 529 g/mol. The molecule has 4 rings (SSSR count). The number of amides is 1. The largest absolute Gasteiger partial charge is 1.00 e. The van der Waals surface area contributed by atoms with E-state index in [-0.39, 0.29) is 63.5 Å². The molecule has 0 aliphatic carbocycles. The molecule has 11 heteroatoms. The smallest absolute Gasteiger partial charge is 0.545 e. The van der Waals surface area contributed by atoms with Gasteiger partial charge in [-0.25, -0.2) is 4.98 Å². The summed E-state index contributed by atoms with van der Waals surface area (Å²) in [5.41, 5.74) is -0.717. The van der Waals surface area contributed by atoms with Gasteiger partial charge >= 0.3 is 35.7 Å². The summed E-state index contributed by atoms with van der Waals surface area (Å²) < 4.78 is 46.5. The van der Waals surface area contributed by atoms with Gasteiger partial charge in [0.05, 0.1) is 34.7 Å². The molecule has 0 spiro atoms. The number of rotatable bonds is 6. The first-order chi connectivity index (χ1) is 17.5. The molecule has 3 aromatic carbocycles. The summed E-state index contributed by atoms with van der Waals surface area (Å²) in [5.74, 6) is -1.64. The standard InChI is InChI=1S/C27H20F3N3O4.Na/c1-14-4-3-5-20(27(28,29)30)22(14)24(34)33-21-12-18(25-32-13-15(2)37-25)10-11-19(21)23(31)16-6-8-17(9-7-16)26(35)36;/h3-13,31H,1-2H3,(H,33,34)(H,35,36);/q;+1/p-1. The van der Waals surface area contributed by atoms with Crippen LogP contribution in [0.25, 0.3) is 11.5 Å². The fourth-order valence-corrected chi connectivity index (χ4v) is 3.81. The molecule has 7 nitrogen and oxygen atoms in total. The number of benzene rings is 3. The number of carbonyl (C=O) groups excluding carboxylic acids is 2. The van der Waals surface area contributed by atoms with Crippen LogP contribution >= 0.6 is 0 Å². The number of aromatic carboxylic acids is 1. The van der Waals surface area contributed by atoms with Crippen molar-refractivity contribution in [3.8, 4) is 11.5 Å². The predicted molar refractivity (Wildman–Crippen MR) is 128 cm³/mol. The average molecular weight is 529 g/mol. The molecule has 0 bridgehead atoms. The van der Waals surface area contributed by atoms with Gasteiger partial charge in [0.1, 0.15) is 5.76 Å². The normalized spacial score (nSPS) is 11.0. The number of oxazole rings is 1. The summed E-state index contributed by atoms with van der Waals surface area (Å²) >= 11 is 0. The van der Waals surface area contributed by atoms with E-state index in [1.54, 1.807) is 13.0 Å². The summed E-state index contributed by atoms with van der Waals surface area (Å²) in [6, 6.07) is 13.3. The summed E-state index contributed by atoms with van der Waals surface area (Å²) in [6.07, 6.45) is -3.27. The molecule has 0 saturated heterocycles.